The summed E-state index contributed by atoms with van der Waals surface area (Å²) in [6.07, 6.45) is 0.849. The number of alkyl halides is 1. The van der Waals surface area contributed by atoms with E-state index in [4.69, 9.17) is 11.6 Å². The first-order valence-electron chi connectivity index (χ1n) is 4.06. The van der Waals surface area contributed by atoms with Gasteiger partial charge >= 0.3 is 0 Å². The maximum absolute atomic E-state index is 11.3. The number of carbonyl (C=O) groups excluding carboxylic acids is 1. The van der Waals surface area contributed by atoms with E-state index in [1.54, 1.807) is 12.1 Å². The number of hydrogen-bond donors (Lipinski definition) is 0. The molecule has 0 heterocycles. The van der Waals surface area contributed by atoms with E-state index in [2.05, 4.69) is 15.9 Å². The van der Waals surface area contributed by atoms with Crippen molar-refractivity contribution in [2.75, 3.05) is 5.33 Å². The number of carbonyl (C=O) groups is 1. The van der Waals surface area contributed by atoms with Crippen LogP contribution < -0.4 is 0 Å². The molecule has 3 heteroatoms. The van der Waals surface area contributed by atoms with Gasteiger partial charge in [-0.15, -0.1) is 0 Å². The van der Waals surface area contributed by atoms with Gasteiger partial charge in [0.25, 0.3) is 0 Å². The SMILES string of the molecule is CCc1cc(C(=O)CBr)ccc1Cl. The molecule has 0 aliphatic heterocycles. The summed E-state index contributed by atoms with van der Waals surface area (Å²) in [5, 5.41) is 1.09. The largest absolute Gasteiger partial charge is 0.293 e. The van der Waals surface area contributed by atoms with Crippen molar-refractivity contribution in [1.29, 1.82) is 0 Å². The predicted molar refractivity (Wildman–Crippen MR) is 59.0 cm³/mol. The lowest BCUT2D eigenvalue weighted by atomic mass is 10.1. The molecule has 0 bridgehead atoms. The smallest absolute Gasteiger partial charge is 0.173 e. The number of Topliss-reactive ketones (excluding diaryl/α,β-unsaturated/α-hetero) is 1. The maximum atomic E-state index is 11.3. The van der Waals surface area contributed by atoms with Crippen LogP contribution in [0.3, 0.4) is 0 Å². The molecule has 1 nitrogen and oxygen atoms in total. The highest BCUT2D eigenvalue weighted by atomic mass is 79.9. The third-order valence-electron chi connectivity index (χ3n) is 1.87. The molecule has 0 spiro atoms. The van der Waals surface area contributed by atoms with Crippen LogP contribution in [0.5, 0.6) is 0 Å². The van der Waals surface area contributed by atoms with Gasteiger partial charge in [-0.25, -0.2) is 0 Å². The molecule has 0 aliphatic rings. The summed E-state index contributed by atoms with van der Waals surface area (Å²) < 4.78 is 0. The average molecular weight is 262 g/mol. The number of aryl methyl sites for hydroxylation is 1. The molecule has 1 aromatic carbocycles. The lowest BCUT2D eigenvalue weighted by Gasteiger charge is -2.03. The van der Waals surface area contributed by atoms with Crippen LogP contribution in [-0.2, 0) is 6.42 Å². The molecule has 0 aromatic heterocycles. The maximum Gasteiger partial charge on any atom is 0.173 e. The molecule has 0 saturated heterocycles. The summed E-state index contributed by atoms with van der Waals surface area (Å²) in [6.45, 7) is 2.02. The molecule has 0 fully saturated rings. The zero-order valence-corrected chi connectivity index (χ0v) is 9.65. The van der Waals surface area contributed by atoms with Gasteiger partial charge in [0, 0.05) is 10.6 Å². The Morgan fingerprint density at radius 2 is 2.23 bits per heavy atom. The van der Waals surface area contributed by atoms with Crippen LogP contribution in [0, 0.1) is 0 Å². The van der Waals surface area contributed by atoms with Crippen LogP contribution in [0.2, 0.25) is 5.02 Å². The van der Waals surface area contributed by atoms with E-state index in [1.165, 1.54) is 0 Å². The molecule has 0 unspecified atom stereocenters. The lowest BCUT2D eigenvalue weighted by molar-refractivity contribution is 0.102. The van der Waals surface area contributed by atoms with Crippen molar-refractivity contribution in [2.24, 2.45) is 0 Å². The zero-order valence-electron chi connectivity index (χ0n) is 7.31. The number of ketones is 1. The number of benzene rings is 1. The van der Waals surface area contributed by atoms with Crippen molar-refractivity contribution in [3.05, 3.63) is 34.3 Å². The molecule has 13 heavy (non-hydrogen) atoms. The fourth-order valence-electron chi connectivity index (χ4n) is 1.10. The van der Waals surface area contributed by atoms with E-state index in [-0.39, 0.29) is 5.78 Å². The first kappa shape index (κ1) is 10.7. The normalized spacial score (nSPS) is 10.1. The van der Waals surface area contributed by atoms with E-state index in [1.807, 2.05) is 13.0 Å². The summed E-state index contributed by atoms with van der Waals surface area (Å²) >= 11 is 9.06. The van der Waals surface area contributed by atoms with Gasteiger partial charge in [0.2, 0.25) is 0 Å². The van der Waals surface area contributed by atoms with E-state index in [9.17, 15) is 4.79 Å². The number of halogens is 2. The summed E-state index contributed by atoms with van der Waals surface area (Å²) in [7, 11) is 0. The summed E-state index contributed by atoms with van der Waals surface area (Å²) in [6, 6.07) is 5.38. The summed E-state index contributed by atoms with van der Waals surface area (Å²) in [4.78, 5) is 11.3. The van der Waals surface area contributed by atoms with Crippen molar-refractivity contribution < 1.29 is 4.79 Å². The molecule has 1 aromatic rings. The molecule has 70 valence electrons. The molecule has 0 aliphatic carbocycles. The van der Waals surface area contributed by atoms with Crippen LogP contribution in [0.1, 0.15) is 22.8 Å². The topological polar surface area (TPSA) is 17.1 Å². The molecule has 0 atom stereocenters. The van der Waals surface area contributed by atoms with Crippen molar-refractivity contribution in [1.82, 2.24) is 0 Å². The molecule has 0 saturated carbocycles. The van der Waals surface area contributed by atoms with Gasteiger partial charge in [-0.1, -0.05) is 34.5 Å². The Morgan fingerprint density at radius 3 is 2.77 bits per heavy atom. The Labute approximate surface area is 91.2 Å². The third-order valence-corrected chi connectivity index (χ3v) is 2.75. The first-order chi connectivity index (χ1) is 6.19. The standard InChI is InChI=1S/C10H10BrClO/c1-2-7-5-8(10(13)6-11)3-4-9(7)12/h3-5H,2,6H2,1H3. The summed E-state index contributed by atoms with van der Waals surface area (Å²) in [5.41, 5.74) is 1.74. The van der Waals surface area contributed by atoms with Crippen LogP contribution >= 0.6 is 27.5 Å². The quantitative estimate of drug-likeness (QED) is 0.601. The van der Waals surface area contributed by atoms with Gasteiger partial charge in [-0.3, -0.25) is 4.79 Å². The van der Waals surface area contributed by atoms with E-state index in [0.717, 1.165) is 22.6 Å². The van der Waals surface area contributed by atoms with Gasteiger partial charge in [0.15, 0.2) is 5.78 Å². The fourth-order valence-corrected chi connectivity index (χ4v) is 1.67. The van der Waals surface area contributed by atoms with Gasteiger partial charge in [0.1, 0.15) is 0 Å². The Balaban J connectivity index is 3.06. The van der Waals surface area contributed by atoms with E-state index >= 15 is 0 Å². The third kappa shape index (κ3) is 2.55. The fraction of sp³-hybridized carbons (Fsp3) is 0.300. The Bertz CT molecular complexity index is 323. The van der Waals surface area contributed by atoms with Crippen molar-refractivity contribution >= 4 is 33.3 Å². The van der Waals surface area contributed by atoms with Crippen molar-refractivity contribution in [3.63, 3.8) is 0 Å². The highest BCUT2D eigenvalue weighted by Gasteiger charge is 2.06. The highest BCUT2D eigenvalue weighted by molar-refractivity contribution is 9.09. The van der Waals surface area contributed by atoms with E-state index in [0.29, 0.717) is 5.33 Å². The van der Waals surface area contributed by atoms with Crippen LogP contribution in [0.25, 0.3) is 0 Å². The van der Waals surface area contributed by atoms with Crippen LogP contribution in [-0.4, -0.2) is 11.1 Å². The number of hydrogen-bond acceptors (Lipinski definition) is 1. The minimum absolute atomic E-state index is 0.0892. The minimum Gasteiger partial charge on any atom is -0.293 e. The van der Waals surface area contributed by atoms with Gasteiger partial charge < -0.3 is 0 Å². The highest BCUT2D eigenvalue weighted by Crippen LogP contribution is 2.18. The Morgan fingerprint density at radius 1 is 1.54 bits per heavy atom. The second-order valence-corrected chi connectivity index (χ2v) is 3.68. The first-order valence-corrected chi connectivity index (χ1v) is 5.56. The molecule has 0 N–H and O–H groups in total. The Kier molecular flexibility index (Phi) is 3.94. The second kappa shape index (κ2) is 4.77. The lowest BCUT2D eigenvalue weighted by Crippen LogP contribution is -2.00. The molecule has 0 radical (unpaired) electrons. The Hall–Kier alpha value is -0.340. The monoisotopic (exact) mass is 260 g/mol. The summed E-state index contributed by atoms with van der Waals surface area (Å²) in [5.74, 6) is 0.0892. The van der Waals surface area contributed by atoms with Crippen LogP contribution in [0.4, 0.5) is 0 Å². The van der Waals surface area contributed by atoms with E-state index < -0.39 is 0 Å². The molecular formula is C10H10BrClO. The molecule has 1 rings (SSSR count). The van der Waals surface area contributed by atoms with Crippen LogP contribution in [0.15, 0.2) is 18.2 Å². The van der Waals surface area contributed by atoms with Crippen molar-refractivity contribution in [3.8, 4) is 0 Å². The minimum atomic E-state index is 0.0892. The van der Waals surface area contributed by atoms with Gasteiger partial charge in [-0.2, -0.15) is 0 Å². The van der Waals surface area contributed by atoms with Gasteiger partial charge in [-0.05, 0) is 30.2 Å². The van der Waals surface area contributed by atoms with Gasteiger partial charge in [0.05, 0.1) is 5.33 Å². The molecule has 0 amide bonds. The zero-order chi connectivity index (χ0) is 9.84. The predicted octanol–water partition coefficient (Wildman–Crippen LogP) is 3.48. The molecular weight excluding hydrogens is 251 g/mol. The number of rotatable bonds is 3. The second-order valence-electron chi connectivity index (χ2n) is 2.72. The average Bonchev–Trinajstić information content (AvgIpc) is 2.17. The van der Waals surface area contributed by atoms with Crippen molar-refractivity contribution in [2.45, 2.75) is 13.3 Å².